The number of hydrogen-bond acceptors (Lipinski definition) is 2. The van der Waals surface area contributed by atoms with E-state index in [-0.39, 0.29) is 0 Å². The topological polar surface area (TPSA) is 18.5 Å². The number of rotatable bonds is 2. The van der Waals surface area contributed by atoms with Gasteiger partial charge in [-0.1, -0.05) is 0 Å². The number of fused-ring (bicyclic) bond motifs is 3. The maximum atomic E-state index is 5.67. The molecule has 1 saturated carbocycles. The molecule has 1 aliphatic carbocycles. The lowest BCUT2D eigenvalue weighted by Crippen LogP contribution is -2.41. The SMILES string of the molecule is COC=CC12CCC(CC1)OC2. The second-order valence-electron chi connectivity index (χ2n) is 3.91. The zero-order valence-corrected chi connectivity index (χ0v) is 7.58. The number of ether oxygens (including phenoxy) is 2. The Morgan fingerprint density at radius 1 is 1.42 bits per heavy atom. The molecule has 3 fully saturated rings. The van der Waals surface area contributed by atoms with Gasteiger partial charge in [-0.3, -0.25) is 0 Å². The highest BCUT2D eigenvalue weighted by Gasteiger charge is 2.39. The molecular weight excluding hydrogens is 152 g/mol. The lowest BCUT2D eigenvalue weighted by molar-refractivity contribution is -0.0940. The molecule has 0 aromatic heterocycles. The summed E-state index contributed by atoms with van der Waals surface area (Å²) in [7, 11) is 1.70. The molecule has 0 N–H and O–H groups in total. The van der Waals surface area contributed by atoms with E-state index in [2.05, 4.69) is 6.08 Å². The molecule has 0 amide bonds. The molecule has 68 valence electrons. The lowest BCUT2D eigenvalue weighted by Gasteiger charge is -2.44. The fraction of sp³-hybridized carbons (Fsp3) is 0.800. The van der Waals surface area contributed by atoms with Crippen molar-refractivity contribution < 1.29 is 9.47 Å². The molecule has 3 aliphatic rings. The molecule has 2 nitrogen and oxygen atoms in total. The van der Waals surface area contributed by atoms with Gasteiger partial charge in [0.1, 0.15) is 0 Å². The molecule has 12 heavy (non-hydrogen) atoms. The summed E-state index contributed by atoms with van der Waals surface area (Å²) < 4.78 is 10.6. The minimum Gasteiger partial charge on any atom is -0.505 e. The molecule has 0 spiro atoms. The maximum absolute atomic E-state index is 5.67. The van der Waals surface area contributed by atoms with Gasteiger partial charge in [-0.15, -0.1) is 0 Å². The summed E-state index contributed by atoms with van der Waals surface area (Å²) in [6.07, 6.45) is 9.55. The van der Waals surface area contributed by atoms with E-state index in [1.54, 1.807) is 13.4 Å². The molecule has 2 heteroatoms. The Hall–Kier alpha value is -0.500. The van der Waals surface area contributed by atoms with Crippen LogP contribution in [0.15, 0.2) is 12.3 Å². The minimum atomic E-state index is 0.310. The Kier molecular flexibility index (Phi) is 2.09. The molecule has 0 atom stereocenters. The van der Waals surface area contributed by atoms with Crippen molar-refractivity contribution in [1.29, 1.82) is 0 Å². The Morgan fingerprint density at radius 2 is 2.17 bits per heavy atom. The summed E-state index contributed by atoms with van der Waals surface area (Å²) in [4.78, 5) is 0. The molecule has 0 aromatic rings. The predicted molar refractivity (Wildman–Crippen MR) is 46.8 cm³/mol. The molecule has 0 unspecified atom stereocenters. The van der Waals surface area contributed by atoms with Crippen LogP contribution in [-0.2, 0) is 9.47 Å². The monoisotopic (exact) mass is 168 g/mol. The maximum Gasteiger partial charge on any atom is 0.0791 e. The van der Waals surface area contributed by atoms with Crippen molar-refractivity contribution in [2.24, 2.45) is 5.41 Å². The first-order valence-electron chi connectivity index (χ1n) is 4.67. The average molecular weight is 168 g/mol. The van der Waals surface area contributed by atoms with Crippen LogP contribution in [0.2, 0.25) is 0 Å². The lowest BCUT2D eigenvalue weighted by atomic mass is 9.71. The highest BCUT2D eigenvalue weighted by molar-refractivity contribution is 5.03. The highest BCUT2D eigenvalue weighted by atomic mass is 16.5. The van der Waals surface area contributed by atoms with Crippen LogP contribution < -0.4 is 0 Å². The van der Waals surface area contributed by atoms with Crippen LogP contribution in [0.1, 0.15) is 25.7 Å². The molecule has 2 saturated heterocycles. The fourth-order valence-electron chi connectivity index (χ4n) is 2.19. The summed E-state index contributed by atoms with van der Waals surface area (Å²) >= 11 is 0. The van der Waals surface area contributed by atoms with Crippen molar-refractivity contribution in [3.05, 3.63) is 12.3 Å². The third kappa shape index (κ3) is 1.36. The quantitative estimate of drug-likeness (QED) is 0.588. The van der Waals surface area contributed by atoms with E-state index < -0.39 is 0 Å². The van der Waals surface area contributed by atoms with Crippen LogP contribution in [0.3, 0.4) is 0 Å². The van der Waals surface area contributed by atoms with Gasteiger partial charge in [-0.25, -0.2) is 0 Å². The fourth-order valence-corrected chi connectivity index (χ4v) is 2.19. The Balaban J connectivity index is 2.03. The van der Waals surface area contributed by atoms with Crippen molar-refractivity contribution >= 4 is 0 Å². The van der Waals surface area contributed by atoms with Crippen LogP contribution >= 0.6 is 0 Å². The van der Waals surface area contributed by atoms with Gasteiger partial charge in [0.15, 0.2) is 0 Å². The zero-order valence-electron chi connectivity index (χ0n) is 7.58. The van der Waals surface area contributed by atoms with Crippen molar-refractivity contribution in [2.45, 2.75) is 31.8 Å². The Labute approximate surface area is 73.5 Å². The molecule has 2 bridgehead atoms. The van der Waals surface area contributed by atoms with Gasteiger partial charge in [0.05, 0.1) is 26.1 Å². The minimum absolute atomic E-state index is 0.310. The second-order valence-corrected chi connectivity index (χ2v) is 3.91. The molecule has 2 aliphatic heterocycles. The van der Waals surface area contributed by atoms with Crippen LogP contribution in [0.5, 0.6) is 0 Å². The normalized spacial score (nSPS) is 40.6. The van der Waals surface area contributed by atoms with E-state index in [9.17, 15) is 0 Å². The Bertz CT molecular complexity index is 165. The summed E-state index contributed by atoms with van der Waals surface area (Å²) in [5.74, 6) is 0. The smallest absolute Gasteiger partial charge is 0.0791 e. The molecule has 0 radical (unpaired) electrons. The van der Waals surface area contributed by atoms with Gasteiger partial charge in [-0.2, -0.15) is 0 Å². The van der Waals surface area contributed by atoms with Gasteiger partial charge in [0.2, 0.25) is 0 Å². The van der Waals surface area contributed by atoms with Crippen LogP contribution in [0.4, 0.5) is 0 Å². The second kappa shape index (κ2) is 3.09. The molecular formula is C10H16O2. The van der Waals surface area contributed by atoms with Crippen LogP contribution in [-0.4, -0.2) is 19.8 Å². The average Bonchev–Trinajstić information content (AvgIpc) is 2.18. The summed E-state index contributed by atoms with van der Waals surface area (Å²) in [6.45, 7) is 0.900. The standard InChI is InChI=1S/C10H16O2/c1-11-7-6-10-4-2-9(3-5-10)12-8-10/h6-7,9H,2-5,8H2,1H3. The van der Waals surface area contributed by atoms with Gasteiger partial charge >= 0.3 is 0 Å². The predicted octanol–water partition coefficient (Wildman–Crippen LogP) is 2.11. The summed E-state index contributed by atoms with van der Waals surface area (Å²) in [6, 6.07) is 0. The van der Waals surface area contributed by atoms with Gasteiger partial charge in [-0.05, 0) is 31.8 Å². The summed E-state index contributed by atoms with van der Waals surface area (Å²) in [5.41, 5.74) is 0.310. The van der Waals surface area contributed by atoms with Gasteiger partial charge < -0.3 is 9.47 Å². The zero-order chi connectivity index (χ0) is 8.44. The first-order chi connectivity index (χ1) is 5.85. The third-order valence-electron chi connectivity index (χ3n) is 3.09. The van der Waals surface area contributed by atoms with Crippen molar-refractivity contribution in [2.75, 3.05) is 13.7 Å². The summed E-state index contributed by atoms with van der Waals surface area (Å²) in [5, 5.41) is 0. The van der Waals surface area contributed by atoms with E-state index in [4.69, 9.17) is 9.47 Å². The van der Waals surface area contributed by atoms with E-state index in [1.165, 1.54) is 25.7 Å². The molecule has 3 rings (SSSR count). The van der Waals surface area contributed by atoms with Crippen molar-refractivity contribution in [3.63, 3.8) is 0 Å². The van der Waals surface area contributed by atoms with E-state index >= 15 is 0 Å². The number of methoxy groups -OCH3 is 1. The van der Waals surface area contributed by atoms with Crippen molar-refractivity contribution in [3.8, 4) is 0 Å². The largest absolute Gasteiger partial charge is 0.505 e. The first kappa shape index (κ1) is 8.11. The third-order valence-corrected chi connectivity index (χ3v) is 3.09. The van der Waals surface area contributed by atoms with Gasteiger partial charge in [0.25, 0.3) is 0 Å². The van der Waals surface area contributed by atoms with E-state index in [1.807, 2.05) is 0 Å². The van der Waals surface area contributed by atoms with Crippen molar-refractivity contribution in [1.82, 2.24) is 0 Å². The van der Waals surface area contributed by atoms with E-state index in [0.29, 0.717) is 11.5 Å². The molecule has 2 heterocycles. The Morgan fingerprint density at radius 3 is 2.67 bits per heavy atom. The van der Waals surface area contributed by atoms with E-state index in [0.717, 1.165) is 6.61 Å². The number of hydrogen-bond donors (Lipinski definition) is 0. The van der Waals surface area contributed by atoms with Gasteiger partial charge in [0, 0.05) is 5.41 Å². The first-order valence-corrected chi connectivity index (χ1v) is 4.67. The van der Waals surface area contributed by atoms with Crippen LogP contribution in [0, 0.1) is 5.41 Å². The van der Waals surface area contributed by atoms with Crippen LogP contribution in [0.25, 0.3) is 0 Å². The molecule has 0 aromatic carbocycles. The highest BCUT2D eigenvalue weighted by Crippen LogP contribution is 2.43.